The van der Waals surface area contributed by atoms with Gasteiger partial charge in [-0.2, -0.15) is 0 Å². The minimum atomic E-state index is -0.179. The third-order valence-electron chi connectivity index (χ3n) is 4.10. The van der Waals surface area contributed by atoms with Gasteiger partial charge in [0.05, 0.1) is 17.1 Å². The van der Waals surface area contributed by atoms with Crippen LogP contribution in [-0.4, -0.2) is 32.6 Å². The number of nitrogens with one attached hydrogen (secondary N) is 2. The summed E-state index contributed by atoms with van der Waals surface area (Å²) in [4.78, 5) is 22.3. The van der Waals surface area contributed by atoms with Crippen molar-refractivity contribution < 1.29 is 9.32 Å². The van der Waals surface area contributed by atoms with Gasteiger partial charge in [-0.3, -0.25) is 5.32 Å². The molecular weight excluding hydrogens is 294 g/mol. The van der Waals surface area contributed by atoms with E-state index in [4.69, 9.17) is 4.52 Å². The summed E-state index contributed by atoms with van der Waals surface area (Å²) < 4.78 is 4.98. The highest BCUT2D eigenvalue weighted by Crippen LogP contribution is 2.31. The van der Waals surface area contributed by atoms with Gasteiger partial charge < -0.3 is 14.4 Å². The first-order chi connectivity index (χ1) is 11.2. The lowest BCUT2D eigenvalue weighted by atomic mass is 10.2. The van der Waals surface area contributed by atoms with Gasteiger partial charge in [0.15, 0.2) is 5.82 Å². The molecular formula is C16H17N5O2. The maximum Gasteiger partial charge on any atom is 0.323 e. The molecule has 1 saturated heterocycles. The zero-order chi connectivity index (χ0) is 15.8. The molecule has 0 bridgehead atoms. The van der Waals surface area contributed by atoms with E-state index in [-0.39, 0.29) is 12.1 Å². The highest BCUT2D eigenvalue weighted by molar-refractivity contribution is 5.88. The predicted octanol–water partition coefficient (Wildman–Crippen LogP) is 3.23. The predicted molar refractivity (Wildman–Crippen MR) is 85.0 cm³/mol. The Hall–Kier alpha value is -2.83. The van der Waals surface area contributed by atoms with Gasteiger partial charge in [-0.15, -0.1) is 0 Å². The van der Waals surface area contributed by atoms with E-state index >= 15 is 0 Å². The number of benzene rings is 1. The minimum Gasteiger partial charge on any atom is -0.360 e. The molecule has 1 fully saturated rings. The number of nitrogens with zero attached hydrogens (tertiary/aromatic N) is 3. The van der Waals surface area contributed by atoms with Crippen LogP contribution < -0.4 is 5.32 Å². The summed E-state index contributed by atoms with van der Waals surface area (Å²) in [7, 11) is 0. The first-order valence-electron chi connectivity index (χ1n) is 7.66. The van der Waals surface area contributed by atoms with Gasteiger partial charge in [-0.1, -0.05) is 17.3 Å². The van der Waals surface area contributed by atoms with Gasteiger partial charge >= 0.3 is 6.03 Å². The molecule has 0 saturated carbocycles. The van der Waals surface area contributed by atoms with Crippen LogP contribution in [0.15, 0.2) is 34.9 Å². The number of aryl methyl sites for hydroxylation is 1. The van der Waals surface area contributed by atoms with E-state index < -0.39 is 0 Å². The number of imidazole rings is 1. The van der Waals surface area contributed by atoms with Crippen LogP contribution in [0.5, 0.6) is 0 Å². The molecule has 1 unspecified atom stereocenters. The minimum absolute atomic E-state index is 0.0459. The molecule has 2 N–H and O–H groups in total. The molecule has 4 rings (SSSR count). The molecule has 3 heterocycles. The Balaban J connectivity index is 1.57. The van der Waals surface area contributed by atoms with Gasteiger partial charge in [0.2, 0.25) is 0 Å². The number of hydrogen-bond acceptors (Lipinski definition) is 4. The molecule has 2 amide bonds. The van der Waals surface area contributed by atoms with Crippen molar-refractivity contribution in [3.63, 3.8) is 0 Å². The van der Waals surface area contributed by atoms with Crippen LogP contribution in [0.4, 0.5) is 10.6 Å². The maximum atomic E-state index is 12.5. The highest BCUT2D eigenvalue weighted by atomic mass is 16.5. The second-order valence-electron chi connectivity index (χ2n) is 5.74. The van der Waals surface area contributed by atoms with Gasteiger partial charge in [0.25, 0.3) is 0 Å². The molecule has 2 aromatic heterocycles. The van der Waals surface area contributed by atoms with Crippen LogP contribution in [0.25, 0.3) is 11.0 Å². The molecule has 0 radical (unpaired) electrons. The summed E-state index contributed by atoms with van der Waals surface area (Å²) in [5, 5.41) is 6.58. The molecule has 23 heavy (non-hydrogen) atoms. The van der Waals surface area contributed by atoms with E-state index in [1.165, 1.54) is 0 Å². The van der Waals surface area contributed by atoms with E-state index in [0.717, 1.165) is 29.7 Å². The number of anilines is 1. The number of H-pyrrole nitrogens is 1. The van der Waals surface area contributed by atoms with E-state index in [2.05, 4.69) is 20.4 Å². The van der Waals surface area contributed by atoms with Crippen molar-refractivity contribution in [1.82, 2.24) is 20.0 Å². The number of carbonyl (C=O) groups excluding carboxylic acids is 1. The normalized spacial score (nSPS) is 17.8. The van der Waals surface area contributed by atoms with Crippen LogP contribution in [0.2, 0.25) is 0 Å². The van der Waals surface area contributed by atoms with E-state index in [0.29, 0.717) is 18.1 Å². The topological polar surface area (TPSA) is 87.0 Å². The fraction of sp³-hybridized carbons (Fsp3) is 0.312. The molecule has 7 nitrogen and oxygen atoms in total. The zero-order valence-corrected chi connectivity index (χ0v) is 12.7. The van der Waals surface area contributed by atoms with Crippen molar-refractivity contribution >= 4 is 22.9 Å². The number of para-hydroxylation sites is 2. The lowest BCUT2D eigenvalue weighted by Gasteiger charge is -2.22. The van der Waals surface area contributed by atoms with Crippen molar-refractivity contribution in [3.8, 4) is 0 Å². The van der Waals surface area contributed by atoms with Crippen molar-refractivity contribution in [2.75, 3.05) is 11.9 Å². The van der Waals surface area contributed by atoms with Crippen LogP contribution >= 0.6 is 0 Å². The smallest absolute Gasteiger partial charge is 0.323 e. The summed E-state index contributed by atoms with van der Waals surface area (Å²) in [6, 6.07) is 9.35. The second-order valence-corrected chi connectivity index (χ2v) is 5.74. The Morgan fingerprint density at radius 2 is 2.30 bits per heavy atom. The largest absolute Gasteiger partial charge is 0.360 e. The SMILES string of the molecule is Cc1cc(NC(=O)N2CCCC2c2nc3ccccc3[nH]2)no1. The monoisotopic (exact) mass is 311 g/mol. The van der Waals surface area contributed by atoms with Crippen LogP contribution in [-0.2, 0) is 0 Å². The average molecular weight is 311 g/mol. The Bertz CT molecular complexity index is 820. The molecule has 0 aliphatic carbocycles. The Labute approximate surface area is 132 Å². The van der Waals surface area contributed by atoms with Crippen LogP contribution in [0.3, 0.4) is 0 Å². The molecule has 7 heteroatoms. The van der Waals surface area contributed by atoms with Crippen molar-refractivity contribution in [3.05, 3.63) is 41.9 Å². The first-order valence-corrected chi connectivity index (χ1v) is 7.66. The zero-order valence-electron chi connectivity index (χ0n) is 12.7. The Morgan fingerprint density at radius 3 is 3.09 bits per heavy atom. The molecule has 3 aromatic rings. The number of amides is 2. The third-order valence-corrected chi connectivity index (χ3v) is 4.10. The number of urea groups is 1. The first kappa shape index (κ1) is 13.8. The van der Waals surface area contributed by atoms with Crippen LogP contribution in [0.1, 0.15) is 30.5 Å². The quantitative estimate of drug-likeness (QED) is 0.760. The van der Waals surface area contributed by atoms with Gasteiger partial charge in [-0.05, 0) is 31.9 Å². The van der Waals surface area contributed by atoms with Gasteiger partial charge in [0.1, 0.15) is 11.6 Å². The summed E-state index contributed by atoms with van der Waals surface area (Å²) in [5.41, 5.74) is 1.91. The number of aromatic nitrogens is 3. The maximum absolute atomic E-state index is 12.5. The van der Waals surface area contributed by atoms with Gasteiger partial charge in [0, 0.05) is 12.6 Å². The van der Waals surface area contributed by atoms with Crippen molar-refractivity contribution in [1.29, 1.82) is 0 Å². The second kappa shape index (κ2) is 5.42. The lowest BCUT2D eigenvalue weighted by molar-refractivity contribution is 0.205. The highest BCUT2D eigenvalue weighted by Gasteiger charge is 2.32. The number of fused-ring (bicyclic) bond motifs is 1. The summed E-state index contributed by atoms with van der Waals surface area (Å²) in [6.07, 6.45) is 1.85. The lowest BCUT2D eigenvalue weighted by Crippen LogP contribution is -2.34. The van der Waals surface area contributed by atoms with E-state index in [1.54, 1.807) is 17.9 Å². The van der Waals surface area contributed by atoms with Crippen molar-refractivity contribution in [2.24, 2.45) is 0 Å². The summed E-state index contributed by atoms with van der Waals surface area (Å²) in [6.45, 7) is 2.49. The molecule has 1 aromatic carbocycles. The molecule has 1 aliphatic heterocycles. The molecule has 1 atom stereocenters. The summed E-state index contributed by atoms with van der Waals surface area (Å²) in [5.74, 6) is 1.92. The Morgan fingerprint density at radius 1 is 1.43 bits per heavy atom. The summed E-state index contributed by atoms with van der Waals surface area (Å²) >= 11 is 0. The fourth-order valence-electron chi connectivity index (χ4n) is 3.03. The van der Waals surface area contributed by atoms with Crippen molar-refractivity contribution in [2.45, 2.75) is 25.8 Å². The number of likely N-dealkylation sites (tertiary alicyclic amines) is 1. The third kappa shape index (κ3) is 2.54. The van der Waals surface area contributed by atoms with Crippen LogP contribution in [0, 0.1) is 6.92 Å². The standard InChI is InChI=1S/C16H17N5O2/c1-10-9-14(20-23-10)19-16(22)21-8-4-7-13(21)15-17-11-5-2-3-6-12(11)18-15/h2-3,5-6,9,13H,4,7-8H2,1H3,(H,17,18)(H,19,20,22). The molecule has 118 valence electrons. The molecule has 0 spiro atoms. The van der Waals surface area contributed by atoms with E-state index in [1.807, 2.05) is 24.3 Å². The fourth-order valence-corrected chi connectivity index (χ4v) is 3.03. The number of aromatic amines is 1. The number of hydrogen-bond donors (Lipinski definition) is 2. The van der Waals surface area contributed by atoms with E-state index in [9.17, 15) is 4.79 Å². The van der Waals surface area contributed by atoms with Gasteiger partial charge in [-0.25, -0.2) is 9.78 Å². The average Bonchev–Trinajstić information content (AvgIpc) is 3.24. The number of carbonyl (C=O) groups is 1. The Kier molecular flexibility index (Phi) is 3.25. The number of rotatable bonds is 2. The molecule has 1 aliphatic rings.